The SMILES string of the molecule is CN1CCc2c(cccc2-c2nc3c(F)cc(Cl)cc3cc2C#N)C1. The van der Waals surface area contributed by atoms with Gasteiger partial charge in [-0.3, -0.25) is 0 Å². The molecule has 25 heavy (non-hydrogen) atoms. The molecular formula is C20H15ClFN3. The molecule has 0 aliphatic carbocycles. The summed E-state index contributed by atoms with van der Waals surface area (Å²) in [6.07, 6.45) is 0.885. The van der Waals surface area contributed by atoms with E-state index in [1.54, 1.807) is 12.1 Å². The molecule has 2 heterocycles. The lowest BCUT2D eigenvalue weighted by Crippen LogP contribution is -2.26. The Bertz CT molecular complexity index is 1040. The molecule has 3 aromatic rings. The van der Waals surface area contributed by atoms with E-state index in [9.17, 15) is 9.65 Å². The smallest absolute Gasteiger partial charge is 0.150 e. The highest BCUT2D eigenvalue weighted by molar-refractivity contribution is 6.31. The average molecular weight is 352 g/mol. The van der Waals surface area contributed by atoms with Crippen molar-refractivity contribution in [3.8, 4) is 17.3 Å². The quantitative estimate of drug-likeness (QED) is 0.645. The van der Waals surface area contributed by atoms with Crippen molar-refractivity contribution in [3.63, 3.8) is 0 Å². The Kier molecular flexibility index (Phi) is 3.91. The maximum atomic E-state index is 14.3. The highest BCUT2D eigenvalue weighted by atomic mass is 35.5. The molecule has 0 saturated heterocycles. The van der Waals surface area contributed by atoms with Crippen molar-refractivity contribution >= 4 is 22.5 Å². The molecule has 4 rings (SSSR count). The van der Waals surface area contributed by atoms with Crippen LogP contribution in [0.2, 0.25) is 5.02 Å². The van der Waals surface area contributed by atoms with Crippen molar-refractivity contribution in [1.82, 2.24) is 9.88 Å². The monoisotopic (exact) mass is 351 g/mol. The molecule has 0 saturated carbocycles. The molecule has 124 valence electrons. The lowest BCUT2D eigenvalue weighted by Gasteiger charge is -2.26. The minimum absolute atomic E-state index is 0.240. The summed E-state index contributed by atoms with van der Waals surface area (Å²) in [4.78, 5) is 6.77. The first-order chi connectivity index (χ1) is 12.1. The van der Waals surface area contributed by atoms with Gasteiger partial charge < -0.3 is 4.90 Å². The number of likely N-dealkylation sites (N-methyl/N-ethyl adjacent to an activating group) is 1. The Morgan fingerprint density at radius 3 is 2.92 bits per heavy atom. The Morgan fingerprint density at radius 1 is 1.28 bits per heavy atom. The van der Waals surface area contributed by atoms with Gasteiger partial charge in [0.25, 0.3) is 0 Å². The molecule has 0 atom stereocenters. The fourth-order valence-corrected chi connectivity index (χ4v) is 3.69. The number of rotatable bonds is 1. The molecule has 1 aliphatic rings. The van der Waals surface area contributed by atoms with Crippen LogP contribution in [-0.4, -0.2) is 23.5 Å². The minimum Gasteiger partial charge on any atom is -0.302 e. The van der Waals surface area contributed by atoms with Crippen molar-refractivity contribution < 1.29 is 4.39 Å². The van der Waals surface area contributed by atoms with Crippen LogP contribution in [0.5, 0.6) is 0 Å². The predicted molar refractivity (Wildman–Crippen MR) is 96.9 cm³/mol. The summed E-state index contributed by atoms with van der Waals surface area (Å²) >= 11 is 5.93. The van der Waals surface area contributed by atoms with E-state index in [2.05, 4.69) is 29.1 Å². The standard InChI is InChI=1S/C20H15ClFN3/c1-25-6-5-16-12(11-25)3-2-4-17(16)19-14(10-23)7-13-8-15(21)9-18(22)20(13)24-19/h2-4,7-9H,5-6,11H2,1H3. The third-order valence-corrected chi connectivity index (χ3v) is 4.89. The number of aromatic nitrogens is 1. The third kappa shape index (κ3) is 2.76. The fraction of sp³-hybridized carbons (Fsp3) is 0.200. The van der Waals surface area contributed by atoms with Crippen LogP contribution < -0.4 is 0 Å². The molecule has 0 fully saturated rings. The van der Waals surface area contributed by atoms with Crippen LogP contribution in [0.15, 0.2) is 36.4 Å². The van der Waals surface area contributed by atoms with Gasteiger partial charge in [-0.25, -0.2) is 9.37 Å². The first-order valence-electron chi connectivity index (χ1n) is 8.06. The number of benzene rings is 2. The van der Waals surface area contributed by atoms with Crippen molar-refractivity contribution in [2.24, 2.45) is 0 Å². The molecule has 0 radical (unpaired) electrons. The van der Waals surface area contributed by atoms with Crippen molar-refractivity contribution in [1.29, 1.82) is 5.26 Å². The zero-order valence-corrected chi connectivity index (χ0v) is 14.4. The van der Waals surface area contributed by atoms with E-state index in [0.29, 0.717) is 21.7 Å². The van der Waals surface area contributed by atoms with E-state index >= 15 is 0 Å². The van der Waals surface area contributed by atoms with E-state index in [1.807, 2.05) is 12.1 Å². The van der Waals surface area contributed by atoms with Crippen molar-refractivity contribution in [2.75, 3.05) is 13.6 Å². The summed E-state index contributed by atoms with van der Waals surface area (Å²) in [5.74, 6) is -0.474. The van der Waals surface area contributed by atoms with E-state index in [4.69, 9.17) is 11.6 Å². The maximum absolute atomic E-state index is 14.3. The van der Waals surface area contributed by atoms with E-state index in [0.717, 1.165) is 25.1 Å². The number of nitriles is 1. The summed E-state index contributed by atoms with van der Waals surface area (Å²) in [6.45, 7) is 1.81. The van der Waals surface area contributed by atoms with Gasteiger partial charge in [-0.05, 0) is 42.8 Å². The predicted octanol–water partition coefficient (Wildman–Crippen LogP) is 4.55. The molecular weight excluding hydrogens is 337 g/mol. The molecule has 0 unspecified atom stereocenters. The molecule has 1 aliphatic heterocycles. The Morgan fingerprint density at radius 2 is 2.12 bits per heavy atom. The van der Waals surface area contributed by atoms with Gasteiger partial charge in [0.1, 0.15) is 11.6 Å². The molecule has 0 spiro atoms. The molecule has 0 amide bonds. The second-order valence-corrected chi connectivity index (χ2v) is 6.82. The topological polar surface area (TPSA) is 39.9 Å². The highest BCUT2D eigenvalue weighted by Gasteiger charge is 2.20. The Labute approximate surface area is 150 Å². The normalized spacial score (nSPS) is 14.3. The molecule has 0 N–H and O–H groups in total. The minimum atomic E-state index is -0.474. The van der Waals surface area contributed by atoms with Crippen LogP contribution >= 0.6 is 11.6 Å². The molecule has 5 heteroatoms. The number of fused-ring (bicyclic) bond motifs is 2. The average Bonchev–Trinajstić information content (AvgIpc) is 2.59. The summed E-state index contributed by atoms with van der Waals surface area (Å²) in [5.41, 5.74) is 4.55. The molecule has 1 aromatic heterocycles. The van der Waals surface area contributed by atoms with Crippen LogP contribution in [-0.2, 0) is 13.0 Å². The van der Waals surface area contributed by atoms with Gasteiger partial charge in [0.05, 0.1) is 11.3 Å². The number of nitrogens with zero attached hydrogens (tertiary/aromatic N) is 3. The molecule has 3 nitrogen and oxygen atoms in total. The van der Waals surface area contributed by atoms with Gasteiger partial charge in [0.15, 0.2) is 5.82 Å². The second kappa shape index (κ2) is 6.11. The lowest BCUT2D eigenvalue weighted by atomic mass is 9.91. The summed E-state index contributed by atoms with van der Waals surface area (Å²) in [6, 6.07) is 12.8. The number of hydrogen-bond acceptors (Lipinski definition) is 3. The fourth-order valence-electron chi connectivity index (χ4n) is 3.47. The second-order valence-electron chi connectivity index (χ2n) is 6.39. The van der Waals surface area contributed by atoms with E-state index in [-0.39, 0.29) is 5.52 Å². The van der Waals surface area contributed by atoms with Gasteiger partial charge in [0.2, 0.25) is 0 Å². The van der Waals surface area contributed by atoms with Crippen LogP contribution in [0.1, 0.15) is 16.7 Å². The zero-order chi connectivity index (χ0) is 17.6. The largest absolute Gasteiger partial charge is 0.302 e. The number of pyridine rings is 1. The molecule has 0 bridgehead atoms. The van der Waals surface area contributed by atoms with Gasteiger partial charge >= 0.3 is 0 Å². The van der Waals surface area contributed by atoms with E-state index < -0.39 is 5.82 Å². The summed E-state index contributed by atoms with van der Waals surface area (Å²) in [5, 5.41) is 10.4. The Balaban J connectivity index is 1.99. The zero-order valence-electron chi connectivity index (χ0n) is 13.7. The van der Waals surface area contributed by atoms with Crippen molar-refractivity contribution in [2.45, 2.75) is 13.0 Å². The van der Waals surface area contributed by atoms with Gasteiger partial charge in [-0.2, -0.15) is 5.26 Å². The van der Waals surface area contributed by atoms with Crippen LogP contribution in [0.3, 0.4) is 0 Å². The first-order valence-corrected chi connectivity index (χ1v) is 8.44. The van der Waals surface area contributed by atoms with Crippen molar-refractivity contribution in [3.05, 3.63) is 63.9 Å². The third-order valence-electron chi connectivity index (χ3n) is 4.67. The maximum Gasteiger partial charge on any atom is 0.150 e. The Hall–Kier alpha value is -2.48. The first kappa shape index (κ1) is 16.0. The number of hydrogen-bond donors (Lipinski definition) is 0. The van der Waals surface area contributed by atoms with Gasteiger partial charge in [0, 0.05) is 29.1 Å². The lowest BCUT2D eigenvalue weighted by molar-refractivity contribution is 0.313. The summed E-state index contributed by atoms with van der Waals surface area (Å²) in [7, 11) is 2.09. The van der Waals surface area contributed by atoms with Gasteiger partial charge in [-0.1, -0.05) is 29.8 Å². The highest BCUT2D eigenvalue weighted by Crippen LogP contribution is 2.33. The van der Waals surface area contributed by atoms with Crippen LogP contribution in [0, 0.1) is 17.1 Å². The number of halogens is 2. The van der Waals surface area contributed by atoms with Gasteiger partial charge in [-0.15, -0.1) is 0 Å². The van der Waals surface area contributed by atoms with Crippen LogP contribution in [0.4, 0.5) is 4.39 Å². The summed E-state index contributed by atoms with van der Waals surface area (Å²) < 4.78 is 14.3. The van der Waals surface area contributed by atoms with Crippen LogP contribution in [0.25, 0.3) is 22.2 Å². The molecule has 2 aromatic carbocycles. The van der Waals surface area contributed by atoms with E-state index in [1.165, 1.54) is 17.2 Å².